The quantitative estimate of drug-likeness (QED) is 0.356. The highest BCUT2D eigenvalue weighted by Gasteiger charge is 2.18. The second-order valence-electron chi connectivity index (χ2n) is 8.01. The van der Waals surface area contributed by atoms with Crippen LogP contribution >= 0.6 is 24.0 Å². The fourth-order valence-corrected chi connectivity index (χ4v) is 3.90. The van der Waals surface area contributed by atoms with Crippen molar-refractivity contribution in [1.29, 1.82) is 0 Å². The minimum atomic E-state index is 0. The predicted molar refractivity (Wildman–Crippen MR) is 123 cm³/mol. The maximum absolute atomic E-state index is 11.9. The van der Waals surface area contributed by atoms with E-state index in [1.54, 1.807) is 19.0 Å². The molecule has 2 fully saturated rings. The van der Waals surface area contributed by atoms with Gasteiger partial charge >= 0.3 is 0 Å². The summed E-state index contributed by atoms with van der Waals surface area (Å²) in [5.74, 6) is 0.756. The van der Waals surface area contributed by atoms with Crippen LogP contribution in [0, 0.1) is 0 Å². The van der Waals surface area contributed by atoms with Crippen LogP contribution in [-0.4, -0.2) is 53.2 Å². The third-order valence-electron chi connectivity index (χ3n) is 5.61. The lowest BCUT2D eigenvalue weighted by molar-refractivity contribution is -0.127. The van der Waals surface area contributed by atoms with Gasteiger partial charge in [-0.25, -0.2) is 4.99 Å². The zero-order chi connectivity index (χ0) is 19.1. The number of carbonyl (C=O) groups excluding carboxylic acids is 1. The molecule has 0 spiro atoms. The summed E-state index contributed by atoms with van der Waals surface area (Å²) in [5, 5.41) is 11.4. The van der Waals surface area contributed by atoms with Gasteiger partial charge in [0.1, 0.15) is 0 Å². The van der Waals surface area contributed by atoms with Crippen molar-refractivity contribution in [2.24, 2.45) is 4.99 Å². The van der Waals surface area contributed by atoms with Gasteiger partial charge in [0.05, 0.1) is 24.8 Å². The molecule has 0 aliphatic heterocycles. The molecule has 0 atom stereocenters. The molecule has 0 bridgehead atoms. The first-order chi connectivity index (χ1) is 13.1. The second kappa shape index (κ2) is 11.6. The molecule has 0 aromatic carbocycles. The Labute approximate surface area is 185 Å². The van der Waals surface area contributed by atoms with Crippen LogP contribution in [0.3, 0.4) is 0 Å². The Kier molecular flexibility index (Phi) is 9.53. The van der Waals surface area contributed by atoms with Crippen LogP contribution in [0.15, 0.2) is 17.3 Å². The first kappa shape index (κ1) is 23.0. The Morgan fingerprint density at radius 2 is 1.86 bits per heavy atom. The molecule has 0 unspecified atom stereocenters. The van der Waals surface area contributed by atoms with Crippen molar-refractivity contribution in [1.82, 2.24) is 25.3 Å². The molecule has 1 aromatic heterocycles. The number of aliphatic imine (C=N–C) groups is 1. The molecule has 3 rings (SSSR count). The summed E-state index contributed by atoms with van der Waals surface area (Å²) in [5.41, 5.74) is 0.977. The summed E-state index contributed by atoms with van der Waals surface area (Å²) >= 11 is 0. The van der Waals surface area contributed by atoms with Crippen LogP contribution < -0.4 is 10.6 Å². The molecule has 7 nitrogen and oxygen atoms in total. The fourth-order valence-electron chi connectivity index (χ4n) is 3.90. The van der Waals surface area contributed by atoms with E-state index in [0.29, 0.717) is 24.6 Å². The number of carbonyl (C=O) groups is 1. The minimum absolute atomic E-state index is 0. The summed E-state index contributed by atoms with van der Waals surface area (Å²) in [6.45, 7) is 0.778. The highest BCUT2D eigenvalue weighted by atomic mass is 127. The van der Waals surface area contributed by atoms with Crippen LogP contribution in [0.4, 0.5) is 0 Å². The Morgan fingerprint density at radius 1 is 1.18 bits per heavy atom. The molecule has 8 heteroatoms. The van der Waals surface area contributed by atoms with Crippen molar-refractivity contribution in [2.75, 3.05) is 20.6 Å². The van der Waals surface area contributed by atoms with E-state index in [-0.39, 0.29) is 36.4 Å². The number of aromatic nitrogens is 2. The van der Waals surface area contributed by atoms with Crippen LogP contribution in [-0.2, 0) is 11.3 Å². The number of hydrogen-bond acceptors (Lipinski definition) is 3. The van der Waals surface area contributed by atoms with E-state index in [1.807, 2.05) is 0 Å². The summed E-state index contributed by atoms with van der Waals surface area (Å²) in [6.07, 6.45) is 13.3. The van der Waals surface area contributed by atoms with Crippen molar-refractivity contribution in [3.63, 3.8) is 0 Å². The number of guanidine groups is 1. The van der Waals surface area contributed by atoms with Gasteiger partial charge in [-0.1, -0.05) is 32.1 Å². The van der Waals surface area contributed by atoms with Crippen LogP contribution in [0.2, 0.25) is 0 Å². The molecule has 0 radical (unpaired) electrons. The SMILES string of the molecule is CN(C)C(=O)CNC(=NCc1ccn(C2CCCC2)n1)NC1CCCCC1.I. The summed E-state index contributed by atoms with van der Waals surface area (Å²) in [4.78, 5) is 18.2. The Hall–Kier alpha value is -1.32. The van der Waals surface area contributed by atoms with Crippen molar-refractivity contribution >= 4 is 35.8 Å². The number of hydrogen-bond donors (Lipinski definition) is 2. The average molecular weight is 502 g/mol. The second-order valence-corrected chi connectivity index (χ2v) is 8.01. The Morgan fingerprint density at radius 3 is 2.54 bits per heavy atom. The predicted octanol–water partition coefficient (Wildman–Crippen LogP) is 3.07. The number of amides is 1. The van der Waals surface area contributed by atoms with E-state index in [9.17, 15) is 4.79 Å². The molecule has 1 aromatic rings. The molecule has 2 N–H and O–H groups in total. The third kappa shape index (κ3) is 6.93. The minimum Gasteiger partial charge on any atom is -0.354 e. The zero-order valence-electron chi connectivity index (χ0n) is 17.2. The zero-order valence-corrected chi connectivity index (χ0v) is 19.5. The lowest BCUT2D eigenvalue weighted by Gasteiger charge is -2.25. The number of rotatable bonds is 6. The first-order valence-corrected chi connectivity index (χ1v) is 10.4. The van der Waals surface area contributed by atoms with E-state index < -0.39 is 0 Å². The smallest absolute Gasteiger partial charge is 0.241 e. The topological polar surface area (TPSA) is 74.5 Å². The highest BCUT2D eigenvalue weighted by molar-refractivity contribution is 14.0. The molecule has 0 saturated heterocycles. The largest absolute Gasteiger partial charge is 0.354 e. The lowest BCUT2D eigenvalue weighted by atomic mass is 9.96. The normalized spacial score (nSPS) is 18.6. The average Bonchev–Trinajstić information content (AvgIpc) is 3.35. The Balaban J connectivity index is 0.00000280. The van der Waals surface area contributed by atoms with E-state index in [2.05, 4.69) is 27.6 Å². The monoisotopic (exact) mass is 502 g/mol. The highest BCUT2D eigenvalue weighted by Crippen LogP contribution is 2.28. The van der Waals surface area contributed by atoms with Gasteiger partial charge in [0, 0.05) is 26.3 Å². The maximum atomic E-state index is 11.9. The number of halogens is 1. The summed E-state index contributed by atoms with van der Waals surface area (Å²) in [6, 6.07) is 3.05. The molecule has 2 saturated carbocycles. The number of nitrogens with zero attached hydrogens (tertiary/aromatic N) is 4. The van der Waals surface area contributed by atoms with Crippen LogP contribution in [0.1, 0.15) is 69.5 Å². The van der Waals surface area contributed by atoms with Gasteiger partial charge in [0.2, 0.25) is 5.91 Å². The maximum Gasteiger partial charge on any atom is 0.241 e. The van der Waals surface area contributed by atoms with E-state index in [0.717, 1.165) is 5.69 Å². The molecular weight excluding hydrogens is 467 g/mol. The molecular formula is C20H35IN6O. The van der Waals surface area contributed by atoms with E-state index in [1.165, 1.54) is 57.8 Å². The van der Waals surface area contributed by atoms with Crippen LogP contribution in [0.5, 0.6) is 0 Å². The van der Waals surface area contributed by atoms with Gasteiger partial charge in [0.15, 0.2) is 5.96 Å². The first-order valence-electron chi connectivity index (χ1n) is 10.4. The van der Waals surface area contributed by atoms with Gasteiger partial charge in [-0.3, -0.25) is 9.48 Å². The Bertz CT molecular complexity index is 632. The van der Waals surface area contributed by atoms with Gasteiger partial charge in [-0.2, -0.15) is 5.10 Å². The summed E-state index contributed by atoms with van der Waals surface area (Å²) in [7, 11) is 3.54. The number of nitrogens with one attached hydrogen (secondary N) is 2. The standard InChI is InChI=1S/C20H34N6O.HI/c1-25(2)19(27)15-22-20(23-16-8-4-3-5-9-16)21-14-17-12-13-26(24-17)18-10-6-7-11-18;/h12-13,16,18H,3-11,14-15H2,1-2H3,(H2,21,22,23);1H. The molecule has 158 valence electrons. The van der Waals surface area contributed by atoms with E-state index in [4.69, 9.17) is 10.1 Å². The fraction of sp³-hybridized carbons (Fsp3) is 0.750. The van der Waals surface area contributed by atoms with Crippen molar-refractivity contribution in [3.8, 4) is 0 Å². The van der Waals surface area contributed by atoms with Gasteiger partial charge in [0.25, 0.3) is 0 Å². The van der Waals surface area contributed by atoms with Crippen molar-refractivity contribution < 1.29 is 4.79 Å². The van der Waals surface area contributed by atoms with Crippen molar-refractivity contribution in [3.05, 3.63) is 18.0 Å². The summed E-state index contributed by atoms with van der Waals surface area (Å²) < 4.78 is 2.11. The number of likely N-dealkylation sites (N-methyl/N-ethyl adjacent to an activating group) is 1. The van der Waals surface area contributed by atoms with Gasteiger partial charge in [-0.15, -0.1) is 24.0 Å². The van der Waals surface area contributed by atoms with E-state index >= 15 is 0 Å². The third-order valence-corrected chi connectivity index (χ3v) is 5.61. The van der Waals surface area contributed by atoms with Crippen molar-refractivity contribution in [2.45, 2.75) is 76.4 Å². The molecule has 1 heterocycles. The van der Waals surface area contributed by atoms with Gasteiger partial charge in [-0.05, 0) is 31.7 Å². The lowest BCUT2D eigenvalue weighted by Crippen LogP contribution is -2.47. The molecule has 2 aliphatic carbocycles. The molecule has 2 aliphatic rings. The van der Waals surface area contributed by atoms with Crippen LogP contribution in [0.25, 0.3) is 0 Å². The van der Waals surface area contributed by atoms with Gasteiger partial charge < -0.3 is 15.5 Å². The molecule has 28 heavy (non-hydrogen) atoms. The molecule has 1 amide bonds.